The lowest BCUT2D eigenvalue weighted by Crippen LogP contribution is -2.67. The Bertz CT molecular complexity index is 920. The van der Waals surface area contributed by atoms with E-state index in [0.717, 1.165) is 4.90 Å². The normalized spacial score (nSPS) is 26.3. The van der Waals surface area contributed by atoms with Gasteiger partial charge in [-0.15, -0.1) is 0 Å². The Balaban J connectivity index is 1.69. The zero-order valence-corrected chi connectivity index (χ0v) is 17.7. The Labute approximate surface area is 179 Å². The molecule has 0 saturated carbocycles. The van der Waals surface area contributed by atoms with Gasteiger partial charge in [-0.1, -0.05) is 17.7 Å². The summed E-state index contributed by atoms with van der Waals surface area (Å²) in [6, 6.07) is 5.99. The molecular weight excluding hydrogens is 438 g/mol. The van der Waals surface area contributed by atoms with Gasteiger partial charge in [0.15, 0.2) is 5.60 Å². The highest BCUT2D eigenvalue weighted by molar-refractivity contribution is 7.89. The maximum Gasteiger partial charge on any atom is 0.339 e. The molecule has 0 spiro atoms. The van der Waals surface area contributed by atoms with Crippen LogP contribution in [0.25, 0.3) is 0 Å². The third kappa shape index (κ3) is 4.48. The molecule has 30 heavy (non-hydrogen) atoms. The third-order valence-electron chi connectivity index (χ3n) is 5.53. The second-order valence-electron chi connectivity index (χ2n) is 7.49. The Kier molecular flexibility index (Phi) is 6.46. The van der Waals surface area contributed by atoms with E-state index < -0.39 is 39.4 Å². The van der Waals surface area contributed by atoms with Gasteiger partial charge in [-0.3, -0.25) is 0 Å². The van der Waals surface area contributed by atoms with Crippen LogP contribution in [0, 0.1) is 0 Å². The van der Waals surface area contributed by atoms with Gasteiger partial charge in [0.2, 0.25) is 10.0 Å². The van der Waals surface area contributed by atoms with Gasteiger partial charge in [0.05, 0.1) is 6.54 Å². The van der Waals surface area contributed by atoms with Crippen molar-refractivity contribution in [2.75, 3.05) is 26.2 Å². The zero-order chi connectivity index (χ0) is 22.1. The number of piperidine rings is 2. The molecule has 166 valence electrons. The van der Waals surface area contributed by atoms with Crippen molar-refractivity contribution in [3.63, 3.8) is 0 Å². The number of amides is 2. The summed E-state index contributed by atoms with van der Waals surface area (Å²) in [6.07, 6.45) is 0.354. The predicted octanol–water partition coefficient (Wildman–Crippen LogP) is 0.482. The SMILES string of the molecule is NC(=O)N1CCC(S(=O)(=O)N2CCC(Oc3cccc(Cl)c3)CC2)C(O)(C(=O)O)C1. The molecule has 0 radical (unpaired) electrons. The highest BCUT2D eigenvalue weighted by Crippen LogP contribution is 2.32. The smallest absolute Gasteiger partial charge is 0.339 e. The van der Waals surface area contributed by atoms with Crippen molar-refractivity contribution in [3.05, 3.63) is 29.3 Å². The number of sulfonamides is 1. The van der Waals surface area contributed by atoms with E-state index in [1.165, 1.54) is 4.31 Å². The lowest BCUT2D eigenvalue weighted by molar-refractivity contribution is -0.162. The van der Waals surface area contributed by atoms with E-state index >= 15 is 0 Å². The highest BCUT2D eigenvalue weighted by Gasteiger charge is 2.56. The Morgan fingerprint density at radius 1 is 1.20 bits per heavy atom. The van der Waals surface area contributed by atoms with Crippen molar-refractivity contribution < 1.29 is 33.0 Å². The van der Waals surface area contributed by atoms with E-state index in [-0.39, 0.29) is 32.2 Å². The number of hydrogen-bond acceptors (Lipinski definition) is 6. The number of carboxylic acid groups (broad SMARTS) is 1. The molecule has 0 aliphatic carbocycles. The summed E-state index contributed by atoms with van der Waals surface area (Å²) in [6.45, 7) is -0.488. The summed E-state index contributed by atoms with van der Waals surface area (Å²) in [7, 11) is -4.14. The molecule has 2 unspecified atom stereocenters. The summed E-state index contributed by atoms with van der Waals surface area (Å²) < 4.78 is 33.4. The summed E-state index contributed by atoms with van der Waals surface area (Å²) in [5.74, 6) is -1.12. The fourth-order valence-electron chi connectivity index (χ4n) is 3.89. The molecule has 1 aromatic rings. The van der Waals surface area contributed by atoms with Gasteiger partial charge in [0.25, 0.3) is 0 Å². The van der Waals surface area contributed by atoms with Crippen molar-refractivity contribution in [2.45, 2.75) is 36.2 Å². The number of carboxylic acids is 1. The van der Waals surface area contributed by atoms with E-state index in [2.05, 4.69) is 0 Å². The van der Waals surface area contributed by atoms with Crippen LogP contribution in [0.5, 0.6) is 5.75 Å². The van der Waals surface area contributed by atoms with Gasteiger partial charge in [-0.25, -0.2) is 22.3 Å². The standard InChI is InChI=1S/C18H24ClN3O7S/c19-12-2-1-3-14(10-12)29-13-4-8-22(9-5-13)30(27,28)15-6-7-21(17(20)25)11-18(15,26)16(23)24/h1-3,10,13,15,26H,4-9,11H2,(H2,20,25)(H,23,24). The van der Waals surface area contributed by atoms with Crippen LogP contribution in [0.1, 0.15) is 19.3 Å². The number of aliphatic carboxylic acids is 1. The van der Waals surface area contributed by atoms with Crippen LogP contribution in [0.2, 0.25) is 5.02 Å². The molecule has 2 saturated heterocycles. The number of likely N-dealkylation sites (tertiary alicyclic amines) is 1. The van der Waals surface area contributed by atoms with Crippen LogP contribution in [0.4, 0.5) is 4.79 Å². The number of carbonyl (C=O) groups excluding carboxylic acids is 1. The van der Waals surface area contributed by atoms with Crippen LogP contribution in [-0.4, -0.2) is 83.0 Å². The average Bonchev–Trinajstić information content (AvgIpc) is 2.68. The average molecular weight is 462 g/mol. The molecule has 12 heteroatoms. The minimum Gasteiger partial charge on any atom is -0.490 e. The predicted molar refractivity (Wildman–Crippen MR) is 108 cm³/mol. The molecule has 2 aliphatic heterocycles. The molecule has 2 aliphatic rings. The van der Waals surface area contributed by atoms with Crippen molar-refractivity contribution in [3.8, 4) is 5.75 Å². The van der Waals surface area contributed by atoms with Crippen molar-refractivity contribution in [1.82, 2.24) is 9.21 Å². The molecule has 0 aromatic heterocycles. The largest absolute Gasteiger partial charge is 0.490 e. The van der Waals surface area contributed by atoms with Gasteiger partial charge in [0, 0.05) is 24.7 Å². The number of β-amino-alcohol motifs (C(OH)–C–C–N with tert-alkyl or cyclic N) is 1. The maximum absolute atomic E-state index is 13.2. The van der Waals surface area contributed by atoms with Crippen LogP contribution >= 0.6 is 11.6 Å². The topological polar surface area (TPSA) is 150 Å². The van der Waals surface area contributed by atoms with Gasteiger partial charge in [-0.2, -0.15) is 0 Å². The summed E-state index contributed by atoms with van der Waals surface area (Å²) >= 11 is 5.94. The number of halogens is 1. The van der Waals surface area contributed by atoms with Gasteiger partial charge < -0.3 is 25.6 Å². The van der Waals surface area contributed by atoms with Crippen LogP contribution in [0.3, 0.4) is 0 Å². The molecule has 10 nitrogen and oxygen atoms in total. The quantitative estimate of drug-likeness (QED) is 0.577. The molecule has 2 fully saturated rings. The number of rotatable bonds is 5. The minimum absolute atomic E-state index is 0.0524. The fraction of sp³-hybridized carbons (Fsp3) is 0.556. The Hall–Kier alpha value is -2.08. The van der Waals surface area contributed by atoms with Crippen molar-refractivity contribution in [2.24, 2.45) is 5.73 Å². The monoisotopic (exact) mass is 461 g/mol. The number of primary amides is 1. The molecular formula is C18H24ClN3O7S. The molecule has 2 heterocycles. The second kappa shape index (κ2) is 8.58. The number of nitrogens with zero attached hydrogens (tertiary/aromatic N) is 2. The number of aliphatic hydroxyl groups is 1. The summed E-state index contributed by atoms with van der Waals surface area (Å²) in [5, 5.41) is 19.1. The molecule has 0 bridgehead atoms. The van der Waals surface area contributed by atoms with E-state index in [4.69, 9.17) is 22.1 Å². The summed E-state index contributed by atoms with van der Waals surface area (Å²) in [5.41, 5.74) is 2.54. The van der Waals surface area contributed by atoms with E-state index in [1.54, 1.807) is 24.3 Å². The molecule has 2 atom stereocenters. The highest BCUT2D eigenvalue weighted by atomic mass is 35.5. The summed E-state index contributed by atoms with van der Waals surface area (Å²) in [4.78, 5) is 24.1. The molecule has 2 amide bonds. The first kappa shape index (κ1) is 22.6. The van der Waals surface area contributed by atoms with Crippen LogP contribution < -0.4 is 10.5 Å². The van der Waals surface area contributed by atoms with Crippen molar-refractivity contribution >= 4 is 33.6 Å². The van der Waals surface area contributed by atoms with Gasteiger partial charge in [-0.05, 0) is 37.5 Å². The van der Waals surface area contributed by atoms with Crippen molar-refractivity contribution in [1.29, 1.82) is 0 Å². The lowest BCUT2D eigenvalue weighted by Gasteiger charge is -2.43. The fourth-order valence-corrected chi connectivity index (χ4v) is 6.22. The van der Waals surface area contributed by atoms with E-state index in [1.807, 2.05) is 0 Å². The second-order valence-corrected chi connectivity index (χ2v) is 10.0. The van der Waals surface area contributed by atoms with Gasteiger partial charge in [0.1, 0.15) is 17.1 Å². The zero-order valence-electron chi connectivity index (χ0n) is 16.1. The Morgan fingerprint density at radius 2 is 1.87 bits per heavy atom. The number of nitrogens with two attached hydrogens (primary N) is 1. The number of hydrogen-bond donors (Lipinski definition) is 3. The lowest BCUT2D eigenvalue weighted by atomic mass is 9.92. The first-order valence-electron chi connectivity index (χ1n) is 9.45. The first-order valence-corrected chi connectivity index (χ1v) is 11.3. The van der Waals surface area contributed by atoms with E-state index in [0.29, 0.717) is 23.6 Å². The Morgan fingerprint density at radius 3 is 2.43 bits per heavy atom. The van der Waals surface area contributed by atoms with Crippen LogP contribution in [-0.2, 0) is 14.8 Å². The number of benzene rings is 1. The minimum atomic E-state index is -4.14. The number of ether oxygens (including phenoxy) is 1. The number of urea groups is 1. The molecule has 3 rings (SSSR count). The third-order valence-corrected chi connectivity index (χ3v) is 8.19. The van der Waals surface area contributed by atoms with E-state index in [9.17, 15) is 28.2 Å². The maximum atomic E-state index is 13.2. The van der Waals surface area contributed by atoms with Crippen LogP contribution in [0.15, 0.2) is 24.3 Å². The first-order chi connectivity index (χ1) is 14.0. The number of carbonyl (C=O) groups is 2. The molecule has 4 N–H and O–H groups in total. The molecule has 1 aromatic carbocycles. The van der Waals surface area contributed by atoms with Gasteiger partial charge >= 0.3 is 12.0 Å².